The molecule has 1 amide bonds. The van der Waals surface area contributed by atoms with Crippen LogP contribution in [-0.2, 0) is 4.79 Å². The third kappa shape index (κ3) is 2.60. The van der Waals surface area contributed by atoms with Gasteiger partial charge in [0, 0.05) is 18.1 Å². The minimum atomic E-state index is -0.868. The van der Waals surface area contributed by atoms with Crippen LogP contribution in [0.5, 0.6) is 0 Å². The molecule has 0 aliphatic carbocycles. The number of aliphatic carboxylic acids is 1. The Kier molecular flexibility index (Phi) is 3.78. The van der Waals surface area contributed by atoms with Crippen molar-refractivity contribution in [1.29, 1.82) is 0 Å². The van der Waals surface area contributed by atoms with Gasteiger partial charge < -0.3 is 10.0 Å². The Labute approximate surface area is 114 Å². The van der Waals surface area contributed by atoms with E-state index in [9.17, 15) is 9.59 Å². The fraction of sp³-hybridized carbons (Fsp3) is 0.333. The summed E-state index contributed by atoms with van der Waals surface area (Å²) < 4.78 is 0. The van der Waals surface area contributed by atoms with Gasteiger partial charge in [0.1, 0.15) is 0 Å². The van der Waals surface area contributed by atoms with Crippen molar-refractivity contribution in [1.82, 2.24) is 4.90 Å². The number of benzene rings is 1. The number of carboxylic acid groups (broad SMARTS) is 1. The fourth-order valence-corrected chi connectivity index (χ4v) is 2.47. The van der Waals surface area contributed by atoms with Crippen molar-refractivity contribution in [3.05, 3.63) is 33.8 Å². The fourth-order valence-electron chi connectivity index (χ4n) is 1.98. The van der Waals surface area contributed by atoms with E-state index in [2.05, 4.69) is 0 Å². The van der Waals surface area contributed by atoms with Crippen molar-refractivity contribution in [3.8, 4) is 0 Å². The summed E-state index contributed by atoms with van der Waals surface area (Å²) in [5, 5.41) is 9.64. The predicted octanol–water partition coefficient (Wildman–Crippen LogP) is 2.54. The number of hydrogen-bond acceptors (Lipinski definition) is 2. The Balaban J connectivity index is 2.15. The summed E-state index contributed by atoms with van der Waals surface area (Å²) >= 11 is 11.7. The molecule has 1 aliphatic heterocycles. The third-order valence-electron chi connectivity index (χ3n) is 2.99. The SMILES string of the molecule is O=C(O)C1CCN(C(=O)c2ccc(Cl)cc2Cl)C1. The number of carbonyl (C=O) groups excluding carboxylic acids is 1. The third-order valence-corrected chi connectivity index (χ3v) is 3.53. The smallest absolute Gasteiger partial charge is 0.308 e. The highest BCUT2D eigenvalue weighted by Gasteiger charge is 2.31. The Morgan fingerprint density at radius 1 is 1.33 bits per heavy atom. The van der Waals surface area contributed by atoms with Crippen LogP contribution < -0.4 is 0 Å². The molecule has 0 saturated carbocycles. The zero-order valence-electron chi connectivity index (χ0n) is 9.40. The van der Waals surface area contributed by atoms with Gasteiger partial charge in [-0.05, 0) is 24.6 Å². The average molecular weight is 288 g/mol. The van der Waals surface area contributed by atoms with Crippen LogP contribution in [0.3, 0.4) is 0 Å². The van der Waals surface area contributed by atoms with E-state index in [0.29, 0.717) is 23.6 Å². The van der Waals surface area contributed by atoms with Crippen molar-refractivity contribution >= 4 is 35.1 Å². The zero-order valence-corrected chi connectivity index (χ0v) is 10.9. The normalized spacial score (nSPS) is 19.0. The van der Waals surface area contributed by atoms with Gasteiger partial charge in [0.15, 0.2) is 0 Å². The summed E-state index contributed by atoms with van der Waals surface area (Å²) in [6, 6.07) is 4.65. The first-order valence-electron chi connectivity index (χ1n) is 5.46. The van der Waals surface area contributed by atoms with Crippen molar-refractivity contribution in [3.63, 3.8) is 0 Å². The molecule has 2 rings (SSSR count). The van der Waals surface area contributed by atoms with E-state index in [0.717, 1.165) is 0 Å². The number of nitrogens with zero attached hydrogens (tertiary/aromatic N) is 1. The lowest BCUT2D eigenvalue weighted by atomic mass is 10.1. The average Bonchev–Trinajstić information content (AvgIpc) is 2.77. The van der Waals surface area contributed by atoms with Crippen LogP contribution in [0.1, 0.15) is 16.8 Å². The number of amides is 1. The standard InChI is InChI=1S/C12H11Cl2NO3/c13-8-1-2-9(10(14)5-8)11(16)15-4-3-7(6-15)12(17)18/h1-2,5,7H,3-4,6H2,(H,17,18). The Morgan fingerprint density at radius 2 is 2.06 bits per heavy atom. The van der Waals surface area contributed by atoms with Crippen LogP contribution in [0.15, 0.2) is 18.2 Å². The second-order valence-corrected chi connectivity index (χ2v) is 5.04. The number of rotatable bonds is 2. The Morgan fingerprint density at radius 3 is 2.61 bits per heavy atom. The molecule has 1 aromatic carbocycles. The molecule has 6 heteroatoms. The number of carboxylic acids is 1. The molecular formula is C12H11Cl2NO3. The largest absolute Gasteiger partial charge is 0.481 e. The van der Waals surface area contributed by atoms with E-state index in [1.807, 2.05) is 0 Å². The van der Waals surface area contributed by atoms with Gasteiger partial charge in [0.25, 0.3) is 5.91 Å². The molecule has 18 heavy (non-hydrogen) atoms. The van der Waals surface area contributed by atoms with E-state index in [1.54, 1.807) is 12.1 Å². The molecule has 1 heterocycles. The second kappa shape index (κ2) is 5.16. The number of likely N-dealkylation sites (tertiary alicyclic amines) is 1. The second-order valence-electron chi connectivity index (χ2n) is 4.20. The zero-order chi connectivity index (χ0) is 13.3. The van der Waals surface area contributed by atoms with Gasteiger partial charge in [-0.25, -0.2) is 0 Å². The monoisotopic (exact) mass is 287 g/mol. The Hall–Kier alpha value is -1.26. The van der Waals surface area contributed by atoms with Crippen LogP contribution in [0.2, 0.25) is 10.0 Å². The van der Waals surface area contributed by atoms with Crippen LogP contribution >= 0.6 is 23.2 Å². The summed E-state index contributed by atoms with van der Waals surface area (Å²) in [7, 11) is 0. The number of carbonyl (C=O) groups is 2. The number of halogens is 2. The summed E-state index contributed by atoms with van der Waals surface area (Å²) in [6.07, 6.45) is 0.478. The summed E-state index contributed by atoms with van der Waals surface area (Å²) in [6.45, 7) is 0.669. The van der Waals surface area contributed by atoms with E-state index in [-0.39, 0.29) is 17.5 Å². The van der Waals surface area contributed by atoms with Crippen LogP contribution in [0.25, 0.3) is 0 Å². The minimum absolute atomic E-state index is 0.229. The molecule has 1 N–H and O–H groups in total. The predicted molar refractivity (Wildman–Crippen MR) is 68.1 cm³/mol. The number of hydrogen-bond donors (Lipinski definition) is 1. The highest BCUT2D eigenvalue weighted by molar-refractivity contribution is 6.36. The molecule has 1 saturated heterocycles. The minimum Gasteiger partial charge on any atom is -0.481 e. The highest BCUT2D eigenvalue weighted by Crippen LogP contribution is 2.25. The first-order chi connectivity index (χ1) is 8.49. The molecule has 1 aromatic rings. The summed E-state index contributed by atoms with van der Waals surface area (Å²) in [5.74, 6) is -1.60. The van der Waals surface area contributed by atoms with Crippen molar-refractivity contribution in [2.24, 2.45) is 5.92 Å². The van der Waals surface area contributed by atoms with Gasteiger partial charge in [0.05, 0.1) is 16.5 Å². The maximum Gasteiger partial charge on any atom is 0.308 e. The lowest BCUT2D eigenvalue weighted by molar-refractivity contribution is -0.141. The lowest BCUT2D eigenvalue weighted by Crippen LogP contribution is -2.30. The molecule has 1 unspecified atom stereocenters. The molecule has 1 fully saturated rings. The van der Waals surface area contributed by atoms with Gasteiger partial charge in [-0.1, -0.05) is 23.2 Å². The molecule has 1 aliphatic rings. The van der Waals surface area contributed by atoms with Gasteiger partial charge >= 0.3 is 5.97 Å². The summed E-state index contributed by atoms with van der Waals surface area (Å²) in [5.41, 5.74) is 0.354. The van der Waals surface area contributed by atoms with E-state index in [1.165, 1.54) is 11.0 Å². The van der Waals surface area contributed by atoms with Crippen LogP contribution in [0.4, 0.5) is 0 Å². The molecule has 0 spiro atoms. The quantitative estimate of drug-likeness (QED) is 0.909. The van der Waals surface area contributed by atoms with Crippen LogP contribution in [0, 0.1) is 5.92 Å². The Bertz CT molecular complexity index is 504. The van der Waals surface area contributed by atoms with Crippen molar-refractivity contribution in [2.45, 2.75) is 6.42 Å². The topological polar surface area (TPSA) is 57.6 Å². The maximum atomic E-state index is 12.2. The molecule has 1 atom stereocenters. The van der Waals surface area contributed by atoms with E-state index < -0.39 is 11.9 Å². The molecular weight excluding hydrogens is 277 g/mol. The molecule has 4 nitrogen and oxygen atoms in total. The lowest BCUT2D eigenvalue weighted by Gasteiger charge is -2.16. The van der Waals surface area contributed by atoms with Crippen LogP contribution in [-0.4, -0.2) is 35.0 Å². The molecule has 0 aromatic heterocycles. The molecule has 0 bridgehead atoms. The van der Waals surface area contributed by atoms with Gasteiger partial charge in [-0.3, -0.25) is 9.59 Å². The van der Waals surface area contributed by atoms with Gasteiger partial charge in [-0.15, -0.1) is 0 Å². The molecule has 96 valence electrons. The summed E-state index contributed by atoms with van der Waals surface area (Å²) in [4.78, 5) is 24.5. The van der Waals surface area contributed by atoms with Gasteiger partial charge in [0.2, 0.25) is 0 Å². The van der Waals surface area contributed by atoms with Gasteiger partial charge in [-0.2, -0.15) is 0 Å². The molecule has 0 radical (unpaired) electrons. The van der Waals surface area contributed by atoms with Crippen molar-refractivity contribution in [2.75, 3.05) is 13.1 Å². The first-order valence-corrected chi connectivity index (χ1v) is 6.22. The highest BCUT2D eigenvalue weighted by atomic mass is 35.5. The first kappa shape index (κ1) is 13.2. The van der Waals surface area contributed by atoms with E-state index in [4.69, 9.17) is 28.3 Å². The van der Waals surface area contributed by atoms with Crippen molar-refractivity contribution < 1.29 is 14.7 Å². The van der Waals surface area contributed by atoms with E-state index >= 15 is 0 Å². The maximum absolute atomic E-state index is 12.2.